The molecule has 7 nitrogen and oxygen atoms in total. The Morgan fingerprint density at radius 1 is 1.00 bits per heavy atom. The van der Waals surface area contributed by atoms with Crippen LogP contribution < -0.4 is 0 Å². The van der Waals surface area contributed by atoms with Gasteiger partial charge in [0.15, 0.2) is 5.41 Å². The molecule has 1 unspecified atom stereocenters. The van der Waals surface area contributed by atoms with Gasteiger partial charge in [-0.3, -0.25) is 19.2 Å². The van der Waals surface area contributed by atoms with Gasteiger partial charge in [0.1, 0.15) is 11.7 Å². The lowest BCUT2D eigenvalue weighted by Gasteiger charge is -2.36. The Balaban J connectivity index is 3.33. The summed E-state index contributed by atoms with van der Waals surface area (Å²) in [4.78, 5) is 49.2. The van der Waals surface area contributed by atoms with Crippen molar-refractivity contribution in [2.24, 2.45) is 11.3 Å². The third-order valence-corrected chi connectivity index (χ3v) is 3.61. The van der Waals surface area contributed by atoms with Gasteiger partial charge < -0.3 is 14.2 Å². The molecule has 1 aliphatic rings. The van der Waals surface area contributed by atoms with Crippen molar-refractivity contribution in [3.63, 3.8) is 0 Å². The number of rotatable bonds is 6. The van der Waals surface area contributed by atoms with Crippen LogP contribution in [-0.4, -0.2) is 43.5 Å². The molecule has 0 amide bonds. The Labute approximate surface area is 129 Å². The predicted molar refractivity (Wildman–Crippen MR) is 74.7 cm³/mol. The van der Waals surface area contributed by atoms with E-state index >= 15 is 0 Å². The largest absolute Gasteiger partial charge is 0.465 e. The fourth-order valence-electron chi connectivity index (χ4n) is 2.71. The molecule has 1 fully saturated rings. The van der Waals surface area contributed by atoms with Crippen LogP contribution in [0.5, 0.6) is 0 Å². The molecule has 1 saturated carbocycles. The molecule has 7 heteroatoms. The molecule has 0 aromatic rings. The van der Waals surface area contributed by atoms with Gasteiger partial charge in [0.25, 0.3) is 0 Å². The summed E-state index contributed by atoms with van der Waals surface area (Å²) in [5.74, 6) is -4.68. The van der Waals surface area contributed by atoms with Crippen molar-refractivity contribution in [2.75, 3.05) is 19.8 Å². The number of hydrogen-bond donors (Lipinski definition) is 0. The summed E-state index contributed by atoms with van der Waals surface area (Å²) in [5.41, 5.74) is -1.94. The summed E-state index contributed by atoms with van der Waals surface area (Å²) in [5, 5.41) is 0. The monoisotopic (exact) mass is 314 g/mol. The molecule has 1 atom stereocenters. The van der Waals surface area contributed by atoms with E-state index in [0.717, 1.165) is 0 Å². The van der Waals surface area contributed by atoms with E-state index in [1.54, 1.807) is 20.8 Å². The Hall–Kier alpha value is -1.92. The smallest absolute Gasteiger partial charge is 0.324 e. The Kier molecular flexibility index (Phi) is 6.52. The number of carbonyl (C=O) groups excluding carboxylic acids is 4. The van der Waals surface area contributed by atoms with Crippen LogP contribution in [-0.2, 0) is 33.4 Å². The molecule has 0 aromatic heterocycles. The first-order valence-corrected chi connectivity index (χ1v) is 7.49. The van der Waals surface area contributed by atoms with Crippen molar-refractivity contribution in [2.45, 2.75) is 40.0 Å². The van der Waals surface area contributed by atoms with Crippen molar-refractivity contribution < 1.29 is 33.4 Å². The van der Waals surface area contributed by atoms with Crippen LogP contribution in [0.25, 0.3) is 0 Å². The number of ether oxygens (including phenoxy) is 3. The number of esters is 3. The minimum atomic E-state index is -1.94. The van der Waals surface area contributed by atoms with Crippen LogP contribution in [0.2, 0.25) is 0 Å². The van der Waals surface area contributed by atoms with Crippen molar-refractivity contribution in [1.82, 2.24) is 0 Å². The van der Waals surface area contributed by atoms with Crippen molar-refractivity contribution in [3.05, 3.63) is 0 Å². The van der Waals surface area contributed by atoms with Gasteiger partial charge in [-0.15, -0.1) is 0 Å². The fraction of sp³-hybridized carbons (Fsp3) is 0.733. The van der Waals surface area contributed by atoms with Crippen LogP contribution >= 0.6 is 0 Å². The van der Waals surface area contributed by atoms with Gasteiger partial charge in [0.05, 0.1) is 19.8 Å². The molecule has 0 radical (unpaired) electrons. The molecule has 0 saturated heterocycles. The first kappa shape index (κ1) is 18.1. The van der Waals surface area contributed by atoms with Crippen molar-refractivity contribution in [3.8, 4) is 0 Å². The minimum Gasteiger partial charge on any atom is -0.465 e. The van der Waals surface area contributed by atoms with Gasteiger partial charge in [-0.25, -0.2) is 0 Å². The number of ketones is 1. The average molecular weight is 314 g/mol. The molecule has 124 valence electrons. The lowest BCUT2D eigenvalue weighted by Crippen LogP contribution is -2.55. The number of carbonyl (C=O) groups is 4. The SMILES string of the molecule is CCOC(=O)C1C(=O)CCCC1(C(=O)OCC)C(=O)OCC. The Morgan fingerprint density at radius 2 is 1.50 bits per heavy atom. The van der Waals surface area contributed by atoms with Crippen LogP contribution in [0.15, 0.2) is 0 Å². The highest BCUT2D eigenvalue weighted by atomic mass is 16.6. The third kappa shape index (κ3) is 3.28. The highest BCUT2D eigenvalue weighted by molar-refractivity contribution is 6.13. The van der Waals surface area contributed by atoms with Gasteiger partial charge in [0.2, 0.25) is 0 Å². The van der Waals surface area contributed by atoms with Crippen molar-refractivity contribution >= 4 is 23.7 Å². The van der Waals surface area contributed by atoms with E-state index in [4.69, 9.17) is 14.2 Å². The molecular formula is C15H22O7. The van der Waals surface area contributed by atoms with Gasteiger partial charge in [0, 0.05) is 6.42 Å². The van der Waals surface area contributed by atoms with E-state index in [2.05, 4.69) is 0 Å². The predicted octanol–water partition coefficient (Wildman–Crippen LogP) is 1.03. The van der Waals surface area contributed by atoms with Crippen LogP contribution in [0.4, 0.5) is 0 Å². The highest BCUT2D eigenvalue weighted by Gasteiger charge is 2.62. The minimum absolute atomic E-state index is 0.0277. The lowest BCUT2D eigenvalue weighted by atomic mass is 9.65. The normalized spacial score (nSPS) is 20.1. The van der Waals surface area contributed by atoms with Gasteiger partial charge in [-0.1, -0.05) is 0 Å². The first-order chi connectivity index (χ1) is 10.4. The third-order valence-electron chi connectivity index (χ3n) is 3.61. The van der Waals surface area contributed by atoms with Gasteiger partial charge in [-0.05, 0) is 33.6 Å². The van der Waals surface area contributed by atoms with E-state index < -0.39 is 35.0 Å². The molecule has 0 heterocycles. The standard InChI is InChI=1S/C15H22O7/c1-4-20-12(17)11-10(16)8-7-9-15(11,13(18)21-5-2)14(19)22-6-3/h11H,4-9H2,1-3H3. The summed E-state index contributed by atoms with van der Waals surface area (Å²) in [6, 6.07) is 0. The average Bonchev–Trinajstić information content (AvgIpc) is 2.47. The molecule has 1 aliphatic carbocycles. The topological polar surface area (TPSA) is 96.0 Å². The first-order valence-electron chi connectivity index (χ1n) is 7.49. The molecule has 0 N–H and O–H groups in total. The maximum absolute atomic E-state index is 12.4. The van der Waals surface area contributed by atoms with Crippen LogP contribution in [0.3, 0.4) is 0 Å². The second-order valence-electron chi connectivity index (χ2n) is 4.92. The summed E-state index contributed by atoms with van der Waals surface area (Å²) >= 11 is 0. The molecule has 0 spiro atoms. The lowest BCUT2D eigenvalue weighted by molar-refractivity contribution is -0.188. The van der Waals surface area contributed by atoms with Crippen LogP contribution in [0.1, 0.15) is 40.0 Å². The molecule has 0 aromatic carbocycles. The Morgan fingerprint density at radius 3 is 1.95 bits per heavy atom. The van der Waals surface area contributed by atoms with Crippen molar-refractivity contribution in [1.29, 1.82) is 0 Å². The van der Waals surface area contributed by atoms with Gasteiger partial charge in [-0.2, -0.15) is 0 Å². The van der Waals surface area contributed by atoms with E-state index in [9.17, 15) is 19.2 Å². The second kappa shape index (κ2) is 7.91. The van der Waals surface area contributed by atoms with Gasteiger partial charge >= 0.3 is 17.9 Å². The fourth-order valence-corrected chi connectivity index (χ4v) is 2.71. The summed E-state index contributed by atoms with van der Waals surface area (Å²) in [7, 11) is 0. The van der Waals surface area contributed by atoms with Crippen LogP contribution in [0, 0.1) is 11.3 Å². The zero-order valence-corrected chi connectivity index (χ0v) is 13.2. The number of Topliss-reactive ketones (excluding diaryl/α,β-unsaturated/α-hetero) is 1. The van der Waals surface area contributed by atoms with E-state index in [1.807, 2.05) is 0 Å². The molecule has 0 aliphatic heterocycles. The maximum Gasteiger partial charge on any atom is 0.324 e. The Bertz CT molecular complexity index is 437. The zero-order chi connectivity index (χ0) is 16.8. The van der Waals surface area contributed by atoms with E-state index in [0.29, 0.717) is 6.42 Å². The second-order valence-corrected chi connectivity index (χ2v) is 4.92. The summed E-state index contributed by atoms with van der Waals surface area (Å²) in [6.07, 6.45) is 0.455. The number of hydrogen-bond acceptors (Lipinski definition) is 7. The zero-order valence-electron chi connectivity index (χ0n) is 13.2. The quantitative estimate of drug-likeness (QED) is 0.410. The molecular weight excluding hydrogens is 292 g/mol. The molecule has 22 heavy (non-hydrogen) atoms. The highest BCUT2D eigenvalue weighted by Crippen LogP contribution is 2.42. The van der Waals surface area contributed by atoms with E-state index in [1.165, 1.54) is 0 Å². The summed E-state index contributed by atoms with van der Waals surface area (Å²) in [6.45, 7) is 4.86. The van der Waals surface area contributed by atoms with E-state index in [-0.39, 0.29) is 32.7 Å². The molecule has 1 rings (SSSR count). The maximum atomic E-state index is 12.4. The molecule has 0 bridgehead atoms. The summed E-state index contributed by atoms with van der Waals surface area (Å²) < 4.78 is 14.8.